The highest BCUT2D eigenvalue weighted by molar-refractivity contribution is 8.39. The van der Waals surface area contributed by atoms with Crippen LogP contribution in [0.15, 0.2) is 0 Å². The van der Waals surface area contributed by atoms with Gasteiger partial charge in [0.15, 0.2) is 0 Å². The molecule has 0 fully saturated rings. The van der Waals surface area contributed by atoms with Crippen molar-refractivity contribution in [3.8, 4) is 0 Å². The van der Waals surface area contributed by atoms with Crippen LogP contribution >= 0.6 is 24.4 Å². The van der Waals surface area contributed by atoms with E-state index >= 15 is 0 Å². The number of hydrogen-bond donors (Lipinski definition) is 2. The first-order valence-electron chi connectivity index (χ1n) is 1.33. The van der Waals surface area contributed by atoms with Crippen molar-refractivity contribution < 1.29 is 9.59 Å². The summed E-state index contributed by atoms with van der Waals surface area (Å²) in [5, 5.41) is -0.722. The van der Waals surface area contributed by atoms with Gasteiger partial charge >= 0.3 is 0 Å². The molecule has 0 saturated heterocycles. The molecule has 2 N–H and O–H groups in total. The Morgan fingerprint density at radius 2 is 2.00 bits per heavy atom. The number of thioether (sulfide) groups is 1. The maximum absolute atomic E-state index is 9.78. The maximum atomic E-state index is 9.78. The molecule has 0 heterocycles. The summed E-state index contributed by atoms with van der Waals surface area (Å²) in [6.07, 6.45) is 0. The van der Waals surface area contributed by atoms with E-state index in [0.29, 0.717) is 11.8 Å². The smallest absolute Gasteiger partial charge is 0.284 e. The van der Waals surface area contributed by atoms with Gasteiger partial charge in [0.25, 0.3) is 9.69 Å². The van der Waals surface area contributed by atoms with E-state index in [9.17, 15) is 9.59 Å². The van der Waals surface area contributed by atoms with Gasteiger partial charge < -0.3 is 5.73 Å². The topological polar surface area (TPSA) is 60.2 Å². The van der Waals surface area contributed by atoms with Crippen molar-refractivity contribution in [1.29, 1.82) is 0 Å². The van der Waals surface area contributed by atoms with Gasteiger partial charge in [-0.3, -0.25) is 9.59 Å². The maximum Gasteiger partial charge on any atom is 0.284 e. The van der Waals surface area contributed by atoms with Crippen molar-refractivity contribution in [3.63, 3.8) is 0 Å². The van der Waals surface area contributed by atoms with E-state index in [4.69, 9.17) is 0 Å². The van der Waals surface area contributed by atoms with Crippen molar-refractivity contribution in [1.82, 2.24) is 0 Å². The zero-order valence-electron chi connectivity index (χ0n) is 3.25. The third kappa shape index (κ3) is 5.84. The fourth-order valence-corrected chi connectivity index (χ4v) is 0.528. The Labute approximate surface area is 50.0 Å². The molecule has 0 aliphatic heterocycles. The van der Waals surface area contributed by atoms with Crippen LogP contribution in [0.25, 0.3) is 0 Å². The van der Waals surface area contributed by atoms with E-state index in [1.54, 1.807) is 0 Å². The third-order valence-corrected chi connectivity index (χ3v) is 0.838. The van der Waals surface area contributed by atoms with Gasteiger partial charge in [0.05, 0.1) is 0 Å². The van der Waals surface area contributed by atoms with Crippen molar-refractivity contribution >= 4 is 34.1 Å². The summed E-state index contributed by atoms with van der Waals surface area (Å²) < 4.78 is -0.576. The predicted molar refractivity (Wildman–Crippen MR) is 31.6 cm³/mol. The predicted octanol–water partition coefficient (Wildman–Crippen LogP) is 0.848. The number of primary amides is 1. The zero-order chi connectivity index (χ0) is 5.86. The van der Waals surface area contributed by atoms with Crippen LogP contribution in [-0.2, 0) is 0 Å². The first-order chi connectivity index (χ1) is 3.13. The highest BCUT2D eigenvalue weighted by Gasteiger charge is 1.98. The molecule has 0 aromatic heterocycles. The van der Waals surface area contributed by atoms with E-state index in [2.05, 4.69) is 18.4 Å². The van der Waals surface area contributed by atoms with E-state index in [1.165, 1.54) is 0 Å². The molecule has 0 saturated carbocycles. The van der Waals surface area contributed by atoms with Gasteiger partial charge in [-0.25, -0.2) is 0 Å². The van der Waals surface area contributed by atoms with Crippen LogP contribution in [0.2, 0.25) is 0 Å². The monoisotopic (exact) mass is 137 g/mol. The summed E-state index contributed by atoms with van der Waals surface area (Å²) in [7, 11) is 0. The molecule has 3 nitrogen and oxygen atoms in total. The van der Waals surface area contributed by atoms with Crippen LogP contribution in [0.4, 0.5) is 9.59 Å². The Bertz CT molecular complexity index is 89.9. The van der Waals surface area contributed by atoms with Gasteiger partial charge in [0, 0.05) is 11.8 Å². The van der Waals surface area contributed by atoms with Crippen LogP contribution in [0.5, 0.6) is 0 Å². The van der Waals surface area contributed by atoms with E-state index in [-0.39, 0.29) is 0 Å². The minimum absolute atomic E-state index is 0.373. The van der Waals surface area contributed by atoms with Crippen LogP contribution in [0.1, 0.15) is 0 Å². The molecular formula is C2H3NO2S2. The number of carbonyl (C=O) groups excluding carboxylic acids is 2. The Morgan fingerprint density at radius 1 is 1.57 bits per heavy atom. The van der Waals surface area contributed by atoms with Gasteiger partial charge in [-0.05, 0) is 0 Å². The second kappa shape index (κ2) is 2.92. The lowest BCUT2D eigenvalue weighted by molar-refractivity contribution is 0.266. The molecule has 0 aliphatic carbocycles. The summed E-state index contributed by atoms with van der Waals surface area (Å²) in [6, 6.07) is 0. The minimum Gasteiger partial charge on any atom is -0.360 e. The SMILES string of the molecule is NC(=O)SC(=O)S. The van der Waals surface area contributed by atoms with Gasteiger partial charge in [-0.15, -0.1) is 0 Å². The molecular weight excluding hydrogens is 134 g/mol. The number of hydrogen-bond acceptors (Lipinski definition) is 3. The van der Waals surface area contributed by atoms with Gasteiger partial charge in [0.1, 0.15) is 0 Å². The summed E-state index contributed by atoms with van der Waals surface area (Å²) in [6.45, 7) is 0. The highest BCUT2D eigenvalue weighted by Crippen LogP contribution is 2.04. The number of amides is 1. The average Bonchev–Trinajstić information content (AvgIpc) is 1.27. The van der Waals surface area contributed by atoms with Crippen LogP contribution in [-0.4, -0.2) is 9.69 Å². The summed E-state index contributed by atoms with van der Waals surface area (Å²) in [5.41, 5.74) is 4.55. The molecule has 0 unspecified atom stereocenters. The largest absolute Gasteiger partial charge is 0.360 e. The molecule has 0 rings (SSSR count). The van der Waals surface area contributed by atoms with Crippen molar-refractivity contribution in [2.75, 3.05) is 0 Å². The normalized spacial score (nSPS) is 8.14. The van der Waals surface area contributed by atoms with E-state index in [0.717, 1.165) is 0 Å². The molecule has 5 heteroatoms. The zero-order valence-corrected chi connectivity index (χ0v) is 4.96. The Hall–Kier alpha value is -0.160. The molecule has 1 amide bonds. The first kappa shape index (κ1) is 6.84. The molecule has 0 aliphatic rings. The number of carbonyl (C=O) groups is 2. The first-order valence-corrected chi connectivity index (χ1v) is 2.59. The standard InChI is InChI=1S/C2H3NO2S2/c3-1(4)7-2(5)6/h(H2,3,4)(H,5,6). The molecule has 0 atom stereocenters. The summed E-state index contributed by atoms with van der Waals surface area (Å²) in [4.78, 5) is 19.5. The fourth-order valence-electron chi connectivity index (χ4n) is 0.0861. The summed E-state index contributed by atoms with van der Waals surface area (Å²) >= 11 is 3.63. The van der Waals surface area contributed by atoms with Crippen molar-refractivity contribution in [2.45, 2.75) is 0 Å². The quantitative estimate of drug-likeness (QED) is 0.486. The number of thiol groups is 1. The number of rotatable bonds is 0. The highest BCUT2D eigenvalue weighted by atomic mass is 32.2. The van der Waals surface area contributed by atoms with Gasteiger partial charge in [-0.1, -0.05) is 12.6 Å². The minimum atomic E-state index is -0.722. The molecule has 0 radical (unpaired) electrons. The van der Waals surface area contributed by atoms with Crippen LogP contribution in [0.3, 0.4) is 0 Å². The molecule has 0 spiro atoms. The molecule has 0 aromatic rings. The molecule has 0 bridgehead atoms. The lowest BCUT2D eigenvalue weighted by Crippen LogP contribution is -2.02. The van der Waals surface area contributed by atoms with Crippen molar-refractivity contribution in [3.05, 3.63) is 0 Å². The Balaban J connectivity index is 3.32. The molecule has 40 valence electrons. The molecule has 0 aromatic carbocycles. The van der Waals surface area contributed by atoms with Crippen LogP contribution in [0, 0.1) is 0 Å². The van der Waals surface area contributed by atoms with Crippen molar-refractivity contribution in [2.24, 2.45) is 5.73 Å². The van der Waals surface area contributed by atoms with E-state index in [1.807, 2.05) is 0 Å². The number of nitrogens with two attached hydrogens (primary N) is 1. The Morgan fingerprint density at radius 3 is 2.00 bits per heavy atom. The summed E-state index contributed by atoms with van der Waals surface area (Å²) in [5.74, 6) is 0. The molecule has 7 heavy (non-hydrogen) atoms. The fraction of sp³-hybridized carbons (Fsp3) is 0. The lowest BCUT2D eigenvalue weighted by atomic mass is 11.5. The second-order valence-electron chi connectivity index (χ2n) is 0.687. The average molecular weight is 137 g/mol. The van der Waals surface area contributed by atoms with E-state index < -0.39 is 9.69 Å². The third-order valence-electron chi connectivity index (χ3n) is 0.188. The van der Waals surface area contributed by atoms with Gasteiger partial charge in [0.2, 0.25) is 0 Å². The second-order valence-corrected chi connectivity index (χ2v) is 2.37. The Kier molecular flexibility index (Phi) is 2.86. The van der Waals surface area contributed by atoms with Crippen LogP contribution < -0.4 is 5.73 Å². The van der Waals surface area contributed by atoms with Gasteiger partial charge in [-0.2, -0.15) is 0 Å². The lowest BCUT2D eigenvalue weighted by Gasteiger charge is -1.80.